The zero-order chi connectivity index (χ0) is 14.7. The fraction of sp³-hybridized carbons (Fsp3) is 0.333. The molecule has 0 atom stereocenters. The molecule has 0 fully saturated rings. The summed E-state index contributed by atoms with van der Waals surface area (Å²) >= 11 is 0. The minimum atomic E-state index is -0.0732. The van der Waals surface area contributed by atoms with Gasteiger partial charge in [0.2, 0.25) is 5.91 Å². The third-order valence-electron chi connectivity index (χ3n) is 3.20. The lowest BCUT2D eigenvalue weighted by molar-refractivity contribution is -0.114. The van der Waals surface area contributed by atoms with Crippen molar-refractivity contribution < 1.29 is 9.32 Å². The summed E-state index contributed by atoms with van der Waals surface area (Å²) in [6.07, 6.45) is 0. The molecule has 0 bridgehead atoms. The summed E-state index contributed by atoms with van der Waals surface area (Å²) in [7, 11) is 0. The summed E-state index contributed by atoms with van der Waals surface area (Å²) in [6.45, 7) is 7.93. The Kier molecular flexibility index (Phi) is 4.08. The minimum Gasteiger partial charge on any atom is -0.381 e. The van der Waals surface area contributed by atoms with Gasteiger partial charge in [0.05, 0.1) is 5.69 Å². The standard InChI is InChI=1S/C15H19N3O2/c1-9-5-6-13(7-15(9)17-12(4)19)16-8-14-10(2)18-20-11(14)3/h5-7,16H,8H2,1-4H3,(H,17,19). The molecule has 2 rings (SSSR count). The first-order chi connectivity index (χ1) is 9.47. The van der Waals surface area contributed by atoms with Crippen molar-refractivity contribution in [2.24, 2.45) is 0 Å². The van der Waals surface area contributed by atoms with Gasteiger partial charge in [-0.2, -0.15) is 0 Å². The van der Waals surface area contributed by atoms with E-state index in [0.29, 0.717) is 6.54 Å². The van der Waals surface area contributed by atoms with Gasteiger partial charge in [-0.25, -0.2) is 0 Å². The van der Waals surface area contributed by atoms with Crippen LogP contribution in [0.2, 0.25) is 0 Å². The van der Waals surface area contributed by atoms with Gasteiger partial charge in [0.25, 0.3) is 0 Å². The van der Waals surface area contributed by atoms with E-state index in [1.165, 1.54) is 6.92 Å². The second-order valence-electron chi connectivity index (χ2n) is 4.87. The Labute approximate surface area is 118 Å². The predicted octanol–water partition coefficient (Wildman–Crippen LogP) is 3.17. The molecule has 2 aromatic rings. The highest BCUT2D eigenvalue weighted by Crippen LogP contribution is 2.21. The summed E-state index contributed by atoms with van der Waals surface area (Å²) in [5.41, 5.74) is 4.75. The van der Waals surface area contributed by atoms with E-state index >= 15 is 0 Å². The molecule has 0 radical (unpaired) electrons. The molecule has 0 spiro atoms. The van der Waals surface area contributed by atoms with Gasteiger partial charge in [-0.1, -0.05) is 11.2 Å². The van der Waals surface area contributed by atoms with E-state index in [2.05, 4.69) is 15.8 Å². The van der Waals surface area contributed by atoms with E-state index in [1.807, 2.05) is 39.0 Å². The molecule has 1 aromatic heterocycles. The number of anilines is 2. The van der Waals surface area contributed by atoms with E-state index in [4.69, 9.17) is 4.52 Å². The molecule has 0 saturated carbocycles. The molecule has 1 aromatic carbocycles. The van der Waals surface area contributed by atoms with Gasteiger partial charge in [0.15, 0.2) is 0 Å². The zero-order valence-corrected chi connectivity index (χ0v) is 12.2. The Morgan fingerprint density at radius 3 is 2.65 bits per heavy atom. The minimum absolute atomic E-state index is 0.0732. The average Bonchev–Trinajstić information content (AvgIpc) is 2.70. The van der Waals surface area contributed by atoms with Crippen molar-refractivity contribution in [3.8, 4) is 0 Å². The van der Waals surface area contributed by atoms with Crippen LogP contribution in [-0.2, 0) is 11.3 Å². The van der Waals surface area contributed by atoms with Gasteiger partial charge in [-0.3, -0.25) is 4.79 Å². The maximum absolute atomic E-state index is 11.2. The van der Waals surface area contributed by atoms with Crippen molar-refractivity contribution in [1.82, 2.24) is 5.16 Å². The number of amides is 1. The third kappa shape index (κ3) is 3.17. The van der Waals surface area contributed by atoms with Gasteiger partial charge >= 0.3 is 0 Å². The first-order valence-corrected chi connectivity index (χ1v) is 6.51. The van der Waals surface area contributed by atoms with E-state index in [-0.39, 0.29) is 5.91 Å². The Balaban J connectivity index is 2.12. The molecule has 0 aliphatic heterocycles. The Morgan fingerprint density at radius 2 is 2.05 bits per heavy atom. The number of rotatable bonds is 4. The van der Waals surface area contributed by atoms with Crippen LogP contribution in [0.15, 0.2) is 22.7 Å². The summed E-state index contributed by atoms with van der Waals surface area (Å²) < 4.78 is 5.13. The van der Waals surface area contributed by atoms with Crippen molar-refractivity contribution in [3.05, 3.63) is 40.8 Å². The van der Waals surface area contributed by atoms with Crippen molar-refractivity contribution in [3.63, 3.8) is 0 Å². The second-order valence-corrected chi connectivity index (χ2v) is 4.87. The Morgan fingerprint density at radius 1 is 1.30 bits per heavy atom. The number of carbonyl (C=O) groups is 1. The molecule has 20 heavy (non-hydrogen) atoms. The van der Waals surface area contributed by atoms with E-state index < -0.39 is 0 Å². The molecule has 106 valence electrons. The molecule has 5 heteroatoms. The highest BCUT2D eigenvalue weighted by Gasteiger charge is 2.09. The first kappa shape index (κ1) is 14.1. The molecule has 2 N–H and O–H groups in total. The van der Waals surface area contributed by atoms with Gasteiger partial charge in [0, 0.05) is 30.4 Å². The lowest BCUT2D eigenvalue weighted by Gasteiger charge is -2.11. The summed E-state index contributed by atoms with van der Waals surface area (Å²) in [6, 6.07) is 5.88. The molecular formula is C15H19N3O2. The predicted molar refractivity (Wildman–Crippen MR) is 78.8 cm³/mol. The quantitative estimate of drug-likeness (QED) is 0.898. The van der Waals surface area contributed by atoms with Crippen LogP contribution in [0.5, 0.6) is 0 Å². The second kappa shape index (κ2) is 5.77. The van der Waals surface area contributed by atoms with Gasteiger partial charge < -0.3 is 15.2 Å². The first-order valence-electron chi connectivity index (χ1n) is 6.51. The van der Waals surface area contributed by atoms with Gasteiger partial charge in [0.1, 0.15) is 5.76 Å². The number of hydrogen-bond acceptors (Lipinski definition) is 4. The van der Waals surface area contributed by atoms with Crippen LogP contribution in [-0.4, -0.2) is 11.1 Å². The molecule has 0 unspecified atom stereocenters. The number of hydrogen-bond donors (Lipinski definition) is 2. The number of aryl methyl sites for hydroxylation is 3. The number of carbonyl (C=O) groups excluding carboxylic acids is 1. The maximum atomic E-state index is 11.2. The van der Waals surface area contributed by atoms with Crippen LogP contribution in [0.25, 0.3) is 0 Å². The van der Waals surface area contributed by atoms with Crippen molar-refractivity contribution in [2.45, 2.75) is 34.2 Å². The molecule has 1 heterocycles. The monoisotopic (exact) mass is 273 g/mol. The molecular weight excluding hydrogens is 254 g/mol. The molecule has 0 aliphatic rings. The van der Waals surface area contributed by atoms with Gasteiger partial charge in [-0.05, 0) is 38.5 Å². The summed E-state index contributed by atoms with van der Waals surface area (Å²) in [5.74, 6) is 0.750. The van der Waals surface area contributed by atoms with Crippen molar-refractivity contribution >= 4 is 17.3 Å². The number of benzene rings is 1. The fourth-order valence-electron chi connectivity index (χ4n) is 2.00. The van der Waals surface area contributed by atoms with Crippen molar-refractivity contribution in [2.75, 3.05) is 10.6 Å². The third-order valence-corrected chi connectivity index (χ3v) is 3.20. The summed E-state index contributed by atoms with van der Waals surface area (Å²) in [5, 5.41) is 10.1. The van der Waals surface area contributed by atoms with Crippen LogP contribution in [0.3, 0.4) is 0 Å². The SMILES string of the molecule is CC(=O)Nc1cc(NCc2c(C)noc2C)ccc1C. The molecule has 0 aliphatic carbocycles. The number of nitrogens with zero attached hydrogens (tertiary/aromatic N) is 1. The number of aromatic nitrogens is 1. The van der Waals surface area contributed by atoms with Crippen LogP contribution in [0.4, 0.5) is 11.4 Å². The Hall–Kier alpha value is -2.30. The maximum Gasteiger partial charge on any atom is 0.221 e. The normalized spacial score (nSPS) is 10.4. The lowest BCUT2D eigenvalue weighted by atomic mass is 10.1. The molecule has 1 amide bonds. The average molecular weight is 273 g/mol. The van der Waals surface area contributed by atoms with E-state index in [1.54, 1.807) is 0 Å². The highest BCUT2D eigenvalue weighted by molar-refractivity contribution is 5.90. The topological polar surface area (TPSA) is 67.2 Å². The number of nitrogens with one attached hydrogen (secondary N) is 2. The van der Waals surface area contributed by atoms with Gasteiger partial charge in [-0.15, -0.1) is 0 Å². The van der Waals surface area contributed by atoms with E-state index in [9.17, 15) is 4.79 Å². The Bertz CT molecular complexity index is 613. The van der Waals surface area contributed by atoms with Crippen molar-refractivity contribution in [1.29, 1.82) is 0 Å². The molecule has 5 nitrogen and oxygen atoms in total. The smallest absolute Gasteiger partial charge is 0.221 e. The molecule has 0 saturated heterocycles. The van der Waals surface area contributed by atoms with Crippen LogP contribution >= 0.6 is 0 Å². The zero-order valence-electron chi connectivity index (χ0n) is 12.2. The van der Waals surface area contributed by atoms with E-state index in [0.717, 1.165) is 34.0 Å². The highest BCUT2D eigenvalue weighted by atomic mass is 16.5. The van der Waals surface area contributed by atoms with Crippen LogP contribution in [0, 0.1) is 20.8 Å². The van der Waals surface area contributed by atoms with Crippen LogP contribution in [0.1, 0.15) is 29.5 Å². The summed E-state index contributed by atoms with van der Waals surface area (Å²) in [4.78, 5) is 11.2. The van der Waals surface area contributed by atoms with Crippen LogP contribution < -0.4 is 10.6 Å². The lowest BCUT2D eigenvalue weighted by Crippen LogP contribution is -2.08. The fourth-order valence-corrected chi connectivity index (χ4v) is 2.00. The largest absolute Gasteiger partial charge is 0.381 e.